The summed E-state index contributed by atoms with van der Waals surface area (Å²) < 4.78 is 8.93. The highest BCUT2D eigenvalue weighted by atomic mass is 16.7. The first kappa shape index (κ1) is 21.1. The van der Waals surface area contributed by atoms with Crippen LogP contribution < -0.4 is 0 Å². The largest absolute Gasteiger partial charge is 0.505 e. The molecule has 0 aromatic carbocycles. The van der Waals surface area contributed by atoms with Crippen molar-refractivity contribution in [1.29, 1.82) is 0 Å². The van der Waals surface area contributed by atoms with Gasteiger partial charge in [0.1, 0.15) is 0 Å². The van der Waals surface area contributed by atoms with Gasteiger partial charge in [-0.2, -0.15) is 0 Å². The van der Waals surface area contributed by atoms with Crippen molar-refractivity contribution < 1.29 is 39.2 Å². The summed E-state index contributed by atoms with van der Waals surface area (Å²) in [5, 5.41) is 24.5. The van der Waals surface area contributed by atoms with Gasteiger partial charge < -0.3 is 24.8 Å². The van der Waals surface area contributed by atoms with E-state index < -0.39 is 18.1 Å². The van der Waals surface area contributed by atoms with Crippen LogP contribution in [0.3, 0.4) is 0 Å². The van der Waals surface area contributed by atoms with Gasteiger partial charge in [0.2, 0.25) is 0 Å². The number of carboxylic acids is 2. The molecule has 0 radical (unpaired) electrons. The van der Waals surface area contributed by atoms with Crippen LogP contribution in [0.1, 0.15) is 39.5 Å². The molecule has 0 saturated carbocycles. The Morgan fingerprint density at radius 2 is 1.67 bits per heavy atom. The lowest BCUT2D eigenvalue weighted by Gasteiger charge is -1.98. The number of carboxylic acid groups (broad SMARTS) is 3. The number of carbonyl (C=O) groups is 3. The predicted octanol–water partition coefficient (Wildman–Crippen LogP) is 2.34. The van der Waals surface area contributed by atoms with E-state index in [1.807, 2.05) is 0 Å². The number of rotatable bonds is 9. The molecule has 0 unspecified atom stereocenters. The van der Waals surface area contributed by atoms with E-state index in [-0.39, 0.29) is 18.6 Å². The molecule has 0 aromatic heterocycles. The second-order valence-electron chi connectivity index (χ2n) is 3.88. The Morgan fingerprint density at radius 1 is 1.05 bits per heavy atom. The molecule has 8 heteroatoms. The van der Waals surface area contributed by atoms with Crippen molar-refractivity contribution in [3.05, 3.63) is 11.8 Å². The molecule has 21 heavy (non-hydrogen) atoms. The molecule has 0 aliphatic carbocycles. The van der Waals surface area contributed by atoms with Crippen LogP contribution in [-0.2, 0) is 19.1 Å². The van der Waals surface area contributed by atoms with E-state index in [2.05, 4.69) is 4.74 Å². The number of ether oxygens (including phenoxy) is 2. The molecule has 0 fully saturated rings. The van der Waals surface area contributed by atoms with Crippen LogP contribution in [0.25, 0.3) is 0 Å². The van der Waals surface area contributed by atoms with Crippen LogP contribution in [-0.4, -0.2) is 46.6 Å². The summed E-state index contributed by atoms with van der Waals surface area (Å²) in [4.78, 5) is 29.9. The van der Waals surface area contributed by atoms with E-state index in [1.54, 1.807) is 6.92 Å². The first-order valence-electron chi connectivity index (χ1n) is 6.40. The minimum Gasteiger partial charge on any atom is -0.501 e. The number of aliphatic carboxylic acids is 2. The fourth-order valence-electron chi connectivity index (χ4n) is 0.973. The van der Waals surface area contributed by atoms with Gasteiger partial charge in [-0.05, 0) is 33.1 Å². The molecule has 0 heterocycles. The summed E-state index contributed by atoms with van der Waals surface area (Å²) in [7, 11) is 0. The minimum absolute atomic E-state index is 0.132. The Morgan fingerprint density at radius 3 is 2.10 bits per heavy atom. The summed E-state index contributed by atoms with van der Waals surface area (Å²) in [6.45, 7) is 3.93. The van der Waals surface area contributed by atoms with E-state index in [4.69, 9.17) is 20.1 Å². The highest BCUT2D eigenvalue weighted by molar-refractivity contribution is 5.85. The molecule has 3 N–H and O–H groups in total. The van der Waals surface area contributed by atoms with Crippen LogP contribution in [0.4, 0.5) is 4.79 Å². The molecule has 0 saturated heterocycles. The molecule has 0 aromatic rings. The zero-order valence-corrected chi connectivity index (χ0v) is 12.2. The summed E-state index contributed by atoms with van der Waals surface area (Å²) in [5.74, 6) is -1.77. The van der Waals surface area contributed by atoms with Gasteiger partial charge in [0, 0.05) is 6.42 Å². The Balaban J connectivity index is 0. The predicted molar refractivity (Wildman–Crippen MR) is 73.1 cm³/mol. The van der Waals surface area contributed by atoms with Crippen molar-refractivity contribution >= 4 is 18.1 Å². The molecular formula is C13H22O8. The summed E-state index contributed by atoms with van der Waals surface area (Å²) in [6.07, 6.45) is 1.92. The van der Waals surface area contributed by atoms with Crippen molar-refractivity contribution in [3.63, 3.8) is 0 Å². The van der Waals surface area contributed by atoms with Crippen LogP contribution in [0.15, 0.2) is 11.8 Å². The Labute approximate surface area is 123 Å². The zero-order chi connectivity index (χ0) is 16.7. The van der Waals surface area contributed by atoms with Gasteiger partial charge >= 0.3 is 18.1 Å². The van der Waals surface area contributed by atoms with Crippen LogP contribution in [0, 0.1) is 0 Å². The summed E-state index contributed by atoms with van der Waals surface area (Å²) in [6, 6.07) is 0. The van der Waals surface area contributed by atoms with Gasteiger partial charge in [-0.25, -0.2) is 9.59 Å². The third kappa shape index (κ3) is 20.2. The fraction of sp³-hybridized carbons (Fsp3) is 0.615. The SMILES string of the molecule is CCOC=C(C)C(=O)O.O=C(O)CCCCCOC(=O)O. The topological polar surface area (TPSA) is 130 Å². The van der Waals surface area contributed by atoms with Gasteiger partial charge in [0.05, 0.1) is 25.0 Å². The highest BCUT2D eigenvalue weighted by Gasteiger charge is 1.98. The Kier molecular flexibility index (Phi) is 14.2. The molecule has 0 amide bonds. The molecule has 0 aliphatic rings. The van der Waals surface area contributed by atoms with Crippen LogP contribution in [0.2, 0.25) is 0 Å². The first-order chi connectivity index (χ1) is 9.81. The molecule has 122 valence electrons. The molecular weight excluding hydrogens is 284 g/mol. The molecule has 0 rings (SSSR count). The van der Waals surface area contributed by atoms with E-state index in [0.717, 1.165) is 0 Å². The zero-order valence-electron chi connectivity index (χ0n) is 12.2. The Hall–Kier alpha value is -2.25. The third-order valence-electron chi connectivity index (χ3n) is 2.02. The number of hydrogen-bond donors (Lipinski definition) is 3. The third-order valence-corrected chi connectivity index (χ3v) is 2.02. The smallest absolute Gasteiger partial charge is 0.501 e. The van der Waals surface area contributed by atoms with Crippen molar-refractivity contribution in [1.82, 2.24) is 0 Å². The molecule has 0 aliphatic heterocycles. The second kappa shape index (κ2) is 14.2. The maximum absolute atomic E-state index is 10.1. The van der Waals surface area contributed by atoms with E-state index in [1.165, 1.54) is 13.2 Å². The van der Waals surface area contributed by atoms with Gasteiger partial charge in [0.15, 0.2) is 0 Å². The van der Waals surface area contributed by atoms with E-state index in [9.17, 15) is 14.4 Å². The quantitative estimate of drug-likeness (QED) is 0.256. The maximum Gasteiger partial charge on any atom is 0.505 e. The lowest BCUT2D eigenvalue weighted by molar-refractivity contribution is -0.137. The fourth-order valence-corrected chi connectivity index (χ4v) is 0.973. The highest BCUT2D eigenvalue weighted by Crippen LogP contribution is 1.99. The molecule has 0 bridgehead atoms. The van der Waals surface area contributed by atoms with Crippen molar-refractivity contribution in [2.24, 2.45) is 0 Å². The molecule has 0 atom stereocenters. The van der Waals surface area contributed by atoms with Gasteiger partial charge in [-0.15, -0.1) is 0 Å². The maximum atomic E-state index is 10.1. The number of hydrogen-bond acceptors (Lipinski definition) is 5. The van der Waals surface area contributed by atoms with Gasteiger partial charge in [0.25, 0.3) is 0 Å². The van der Waals surface area contributed by atoms with Crippen molar-refractivity contribution in [2.45, 2.75) is 39.5 Å². The average Bonchev–Trinajstić information content (AvgIpc) is 2.40. The Bertz CT molecular complexity index is 330. The molecule has 8 nitrogen and oxygen atoms in total. The monoisotopic (exact) mass is 306 g/mol. The van der Waals surface area contributed by atoms with Crippen LogP contribution >= 0.6 is 0 Å². The normalized spacial score (nSPS) is 10.1. The van der Waals surface area contributed by atoms with E-state index >= 15 is 0 Å². The van der Waals surface area contributed by atoms with E-state index in [0.29, 0.717) is 25.9 Å². The van der Waals surface area contributed by atoms with Crippen LogP contribution in [0.5, 0.6) is 0 Å². The first-order valence-corrected chi connectivity index (χ1v) is 6.40. The molecule has 0 spiro atoms. The average molecular weight is 306 g/mol. The van der Waals surface area contributed by atoms with Gasteiger partial charge in [-0.1, -0.05) is 0 Å². The lowest BCUT2D eigenvalue weighted by atomic mass is 10.2. The lowest BCUT2D eigenvalue weighted by Crippen LogP contribution is -2.02. The summed E-state index contributed by atoms with van der Waals surface area (Å²) in [5.41, 5.74) is 0.219. The standard InChI is InChI=1S/C7H12O5.C6H10O3/c8-6(9)4-2-1-3-5-12-7(10)11;1-3-9-4-5(2)6(7)8/h1-5H2,(H,8,9)(H,10,11);4H,3H2,1-2H3,(H,7,8). The summed E-state index contributed by atoms with van der Waals surface area (Å²) >= 11 is 0. The van der Waals surface area contributed by atoms with Gasteiger partial charge in [-0.3, -0.25) is 4.79 Å². The van der Waals surface area contributed by atoms with Crippen molar-refractivity contribution in [3.8, 4) is 0 Å². The second-order valence-corrected chi connectivity index (χ2v) is 3.88. The number of unbranched alkanes of at least 4 members (excludes halogenated alkanes) is 2. The van der Waals surface area contributed by atoms with Crippen molar-refractivity contribution in [2.75, 3.05) is 13.2 Å². The minimum atomic E-state index is -1.28.